The molecule has 0 aliphatic carbocycles. The number of Topliss-reactive ketones (excluding diaryl/α,β-unsaturated/α-hetero) is 1. The highest BCUT2D eigenvalue weighted by Crippen LogP contribution is 2.26. The first kappa shape index (κ1) is 14.1. The molecule has 108 valence electrons. The van der Waals surface area contributed by atoms with Crippen molar-refractivity contribution in [3.05, 3.63) is 35.9 Å². The van der Waals surface area contributed by atoms with Crippen LogP contribution in [0.3, 0.4) is 0 Å². The van der Waals surface area contributed by atoms with Crippen LogP contribution in [0.1, 0.15) is 25.3 Å². The summed E-state index contributed by atoms with van der Waals surface area (Å²) in [5.41, 5.74) is 3.21. The molecule has 0 N–H and O–H groups in total. The molecule has 4 nitrogen and oxygen atoms in total. The molecule has 0 amide bonds. The number of thioether (sulfide) groups is 1. The number of fused-ring (bicyclic) bond motifs is 3. The van der Waals surface area contributed by atoms with E-state index in [-0.39, 0.29) is 5.78 Å². The monoisotopic (exact) mass is 299 g/mol. The van der Waals surface area contributed by atoms with Gasteiger partial charge in [-0.15, -0.1) is 10.2 Å². The first-order valence-corrected chi connectivity index (χ1v) is 8.01. The average molecular weight is 299 g/mol. The summed E-state index contributed by atoms with van der Waals surface area (Å²) >= 11 is 1.66. The van der Waals surface area contributed by atoms with Crippen molar-refractivity contribution in [3.63, 3.8) is 0 Å². The number of hydrogen-bond acceptors (Lipinski definition) is 4. The number of carbonyl (C=O) groups is 1. The van der Waals surface area contributed by atoms with Crippen LogP contribution < -0.4 is 0 Å². The molecule has 0 atom stereocenters. The van der Waals surface area contributed by atoms with Gasteiger partial charge in [0.2, 0.25) is 0 Å². The van der Waals surface area contributed by atoms with Gasteiger partial charge in [0.05, 0.1) is 5.52 Å². The molecular weight excluding hydrogens is 282 g/mol. The van der Waals surface area contributed by atoms with Crippen LogP contribution in [-0.4, -0.2) is 26.1 Å². The van der Waals surface area contributed by atoms with Gasteiger partial charge in [-0.1, -0.05) is 30.0 Å². The molecule has 0 unspecified atom stereocenters. The summed E-state index contributed by atoms with van der Waals surface area (Å²) in [5, 5.41) is 10.7. The van der Waals surface area contributed by atoms with E-state index in [1.807, 2.05) is 12.1 Å². The Balaban J connectivity index is 1.97. The molecule has 0 fully saturated rings. The Morgan fingerprint density at radius 3 is 2.90 bits per heavy atom. The van der Waals surface area contributed by atoms with Crippen molar-refractivity contribution < 1.29 is 4.79 Å². The zero-order valence-electron chi connectivity index (χ0n) is 12.2. The Kier molecular flexibility index (Phi) is 3.92. The average Bonchev–Trinajstić information content (AvgIpc) is 2.87. The smallest absolute Gasteiger partial charge is 0.196 e. The Bertz CT molecular complexity index is 810. The third-order valence-electron chi connectivity index (χ3n) is 3.48. The summed E-state index contributed by atoms with van der Waals surface area (Å²) in [6.45, 7) is 3.73. The van der Waals surface area contributed by atoms with E-state index in [1.54, 1.807) is 18.7 Å². The van der Waals surface area contributed by atoms with Crippen LogP contribution in [0.2, 0.25) is 0 Å². The van der Waals surface area contributed by atoms with Crippen molar-refractivity contribution in [2.45, 2.75) is 31.8 Å². The highest BCUT2D eigenvalue weighted by molar-refractivity contribution is 7.99. The molecule has 1 aromatic carbocycles. The normalized spacial score (nSPS) is 11.3. The van der Waals surface area contributed by atoms with Gasteiger partial charge in [-0.3, -0.25) is 4.40 Å². The number of carbonyl (C=O) groups excluding carboxylic acids is 1. The number of pyridine rings is 1. The first-order valence-electron chi connectivity index (χ1n) is 7.02. The second-order valence-corrected chi connectivity index (χ2v) is 6.24. The van der Waals surface area contributed by atoms with E-state index < -0.39 is 0 Å². The zero-order valence-corrected chi connectivity index (χ0v) is 13.0. The minimum atomic E-state index is 0.239. The van der Waals surface area contributed by atoms with Crippen molar-refractivity contribution in [1.29, 1.82) is 0 Å². The number of ketones is 1. The van der Waals surface area contributed by atoms with E-state index in [0.29, 0.717) is 6.42 Å². The van der Waals surface area contributed by atoms with Gasteiger partial charge in [-0.05, 0) is 38.0 Å². The number of rotatable bonds is 5. The maximum Gasteiger partial charge on any atom is 0.196 e. The minimum Gasteiger partial charge on any atom is -0.300 e. The molecule has 0 spiro atoms. The van der Waals surface area contributed by atoms with Gasteiger partial charge in [-0.2, -0.15) is 0 Å². The second kappa shape index (κ2) is 5.85. The Morgan fingerprint density at radius 2 is 2.10 bits per heavy atom. The third kappa shape index (κ3) is 2.78. The number of aryl methyl sites for hydroxylation is 1. The lowest BCUT2D eigenvalue weighted by atomic mass is 10.1. The van der Waals surface area contributed by atoms with Crippen molar-refractivity contribution in [2.75, 3.05) is 5.75 Å². The first-order chi connectivity index (χ1) is 10.2. The fourth-order valence-electron chi connectivity index (χ4n) is 2.45. The lowest BCUT2D eigenvalue weighted by Gasteiger charge is -2.07. The molecule has 3 rings (SSSR count). The van der Waals surface area contributed by atoms with Crippen molar-refractivity contribution >= 4 is 34.1 Å². The number of aromatic nitrogens is 3. The van der Waals surface area contributed by atoms with E-state index in [9.17, 15) is 4.79 Å². The molecule has 2 heterocycles. The number of benzene rings is 1. The van der Waals surface area contributed by atoms with Gasteiger partial charge >= 0.3 is 0 Å². The maximum atomic E-state index is 11.0. The highest BCUT2D eigenvalue weighted by Gasteiger charge is 2.11. The quantitative estimate of drug-likeness (QED) is 0.533. The van der Waals surface area contributed by atoms with E-state index in [4.69, 9.17) is 0 Å². The molecule has 0 bridgehead atoms. The summed E-state index contributed by atoms with van der Waals surface area (Å²) in [7, 11) is 0. The standard InChI is InChI=1S/C16H17N3OS/c1-11-10-15-17-18-16(21-9-5-6-12(2)20)19(15)14-8-4-3-7-13(11)14/h3-4,7-8,10H,5-6,9H2,1-2H3. The fourth-order valence-corrected chi connectivity index (χ4v) is 3.34. The van der Waals surface area contributed by atoms with E-state index in [0.717, 1.165) is 28.5 Å². The summed E-state index contributed by atoms with van der Waals surface area (Å²) in [5.74, 6) is 1.12. The van der Waals surface area contributed by atoms with Crippen LogP contribution in [0.5, 0.6) is 0 Å². The second-order valence-electron chi connectivity index (χ2n) is 5.17. The number of nitrogens with zero attached hydrogens (tertiary/aromatic N) is 3. The lowest BCUT2D eigenvalue weighted by Crippen LogP contribution is -1.95. The predicted molar refractivity (Wildman–Crippen MR) is 85.9 cm³/mol. The Morgan fingerprint density at radius 1 is 1.29 bits per heavy atom. The van der Waals surface area contributed by atoms with Crippen LogP contribution in [0.15, 0.2) is 35.5 Å². The molecule has 2 aromatic heterocycles. The van der Waals surface area contributed by atoms with Crippen LogP contribution in [-0.2, 0) is 4.79 Å². The van der Waals surface area contributed by atoms with Crippen LogP contribution in [0.4, 0.5) is 0 Å². The molecule has 0 radical (unpaired) electrons. The topological polar surface area (TPSA) is 47.3 Å². The molecule has 0 aliphatic heterocycles. The summed E-state index contributed by atoms with van der Waals surface area (Å²) < 4.78 is 2.10. The summed E-state index contributed by atoms with van der Waals surface area (Å²) in [6.07, 6.45) is 1.50. The van der Waals surface area contributed by atoms with Crippen LogP contribution in [0, 0.1) is 6.92 Å². The predicted octanol–water partition coefficient (Wildman–Crippen LogP) is 3.65. The summed E-state index contributed by atoms with van der Waals surface area (Å²) in [6, 6.07) is 10.4. The molecule has 5 heteroatoms. The van der Waals surface area contributed by atoms with Crippen molar-refractivity contribution in [2.24, 2.45) is 0 Å². The molecular formula is C16H17N3OS. The van der Waals surface area contributed by atoms with Crippen LogP contribution in [0.25, 0.3) is 16.6 Å². The molecule has 3 aromatic rings. The molecule has 0 saturated heterocycles. The fraction of sp³-hybridized carbons (Fsp3) is 0.312. The van der Waals surface area contributed by atoms with Crippen LogP contribution >= 0.6 is 11.8 Å². The van der Waals surface area contributed by atoms with E-state index in [1.165, 1.54) is 10.9 Å². The van der Waals surface area contributed by atoms with E-state index in [2.05, 4.69) is 39.7 Å². The van der Waals surface area contributed by atoms with E-state index >= 15 is 0 Å². The van der Waals surface area contributed by atoms with Gasteiger partial charge in [0, 0.05) is 17.6 Å². The van der Waals surface area contributed by atoms with Gasteiger partial charge in [0.1, 0.15) is 5.78 Å². The third-order valence-corrected chi connectivity index (χ3v) is 4.49. The van der Waals surface area contributed by atoms with Gasteiger partial charge in [0.15, 0.2) is 10.8 Å². The van der Waals surface area contributed by atoms with Gasteiger partial charge in [-0.25, -0.2) is 0 Å². The maximum absolute atomic E-state index is 11.0. The van der Waals surface area contributed by atoms with Gasteiger partial charge in [0.25, 0.3) is 0 Å². The highest BCUT2D eigenvalue weighted by atomic mass is 32.2. The Labute approximate surface area is 127 Å². The van der Waals surface area contributed by atoms with Crippen molar-refractivity contribution in [3.8, 4) is 0 Å². The molecule has 0 saturated carbocycles. The minimum absolute atomic E-state index is 0.239. The molecule has 0 aliphatic rings. The Hall–Kier alpha value is -1.88. The summed E-state index contributed by atoms with van der Waals surface area (Å²) in [4.78, 5) is 11.0. The van der Waals surface area contributed by atoms with Crippen molar-refractivity contribution in [1.82, 2.24) is 14.6 Å². The largest absolute Gasteiger partial charge is 0.300 e. The SMILES string of the molecule is CC(=O)CCCSc1nnc2cc(C)c3ccccc3n12. The zero-order chi connectivity index (χ0) is 14.8. The van der Waals surface area contributed by atoms with Gasteiger partial charge < -0.3 is 4.79 Å². The lowest BCUT2D eigenvalue weighted by molar-refractivity contribution is -0.117. The number of para-hydroxylation sites is 1. The number of hydrogen-bond donors (Lipinski definition) is 0. The molecule has 21 heavy (non-hydrogen) atoms.